The number of ether oxygens (including phenoxy) is 2. The number of carbonyl (C=O) groups is 2. The summed E-state index contributed by atoms with van der Waals surface area (Å²) in [6.45, 7) is 6.63. The molecule has 0 unspecified atom stereocenters. The molecule has 1 aromatic carbocycles. The van der Waals surface area contributed by atoms with Crippen LogP contribution in [0.25, 0.3) is 0 Å². The standard InChI is InChI=1S/C16H21IO4/c1-4-5-9-20-16(19)14-12(7-6-8-13(14)17)15(18)21-10-11(2)3/h6-8,11H,4-5,9-10H2,1-3H3. The van der Waals surface area contributed by atoms with E-state index < -0.39 is 11.9 Å². The monoisotopic (exact) mass is 404 g/mol. The molecule has 0 atom stereocenters. The molecule has 4 nitrogen and oxygen atoms in total. The fraction of sp³-hybridized carbons (Fsp3) is 0.500. The summed E-state index contributed by atoms with van der Waals surface area (Å²) >= 11 is 2.03. The molecule has 0 aliphatic heterocycles. The number of unbranched alkanes of at least 4 members (excludes halogenated alkanes) is 1. The van der Waals surface area contributed by atoms with Crippen molar-refractivity contribution in [1.29, 1.82) is 0 Å². The molecule has 21 heavy (non-hydrogen) atoms. The van der Waals surface area contributed by atoms with Crippen molar-refractivity contribution in [3.63, 3.8) is 0 Å². The van der Waals surface area contributed by atoms with Gasteiger partial charge in [-0.3, -0.25) is 0 Å². The van der Waals surface area contributed by atoms with Crippen LogP contribution < -0.4 is 0 Å². The summed E-state index contributed by atoms with van der Waals surface area (Å²) in [5, 5.41) is 0. The number of rotatable bonds is 7. The lowest BCUT2D eigenvalue weighted by atomic mass is 10.1. The van der Waals surface area contributed by atoms with Gasteiger partial charge in [-0.25, -0.2) is 9.59 Å². The molecule has 0 aliphatic carbocycles. The van der Waals surface area contributed by atoms with Crippen LogP contribution in [0.3, 0.4) is 0 Å². The van der Waals surface area contributed by atoms with Crippen molar-refractivity contribution in [2.45, 2.75) is 33.6 Å². The highest BCUT2D eigenvalue weighted by Gasteiger charge is 2.22. The second kappa shape index (κ2) is 9.02. The predicted molar refractivity (Wildman–Crippen MR) is 89.5 cm³/mol. The predicted octanol–water partition coefficient (Wildman–Crippen LogP) is 4.06. The molecule has 116 valence electrons. The minimum absolute atomic E-state index is 0.247. The first kappa shape index (κ1) is 17.9. The number of hydrogen-bond acceptors (Lipinski definition) is 4. The van der Waals surface area contributed by atoms with Crippen LogP contribution in [-0.4, -0.2) is 25.2 Å². The molecule has 0 radical (unpaired) electrons. The normalized spacial score (nSPS) is 10.5. The van der Waals surface area contributed by atoms with Crippen LogP contribution in [0.15, 0.2) is 18.2 Å². The quantitative estimate of drug-likeness (QED) is 0.391. The molecule has 1 aromatic rings. The molecule has 0 saturated heterocycles. The maximum atomic E-state index is 12.2. The van der Waals surface area contributed by atoms with Gasteiger partial charge in [0.05, 0.1) is 24.3 Å². The van der Waals surface area contributed by atoms with Crippen LogP contribution in [0, 0.1) is 9.49 Å². The summed E-state index contributed by atoms with van der Waals surface area (Å²) in [5.41, 5.74) is 0.562. The zero-order valence-corrected chi connectivity index (χ0v) is 14.8. The van der Waals surface area contributed by atoms with Crippen molar-refractivity contribution in [3.8, 4) is 0 Å². The van der Waals surface area contributed by atoms with Gasteiger partial charge in [0, 0.05) is 3.57 Å². The fourth-order valence-corrected chi connectivity index (χ4v) is 2.32. The lowest BCUT2D eigenvalue weighted by Crippen LogP contribution is -2.17. The van der Waals surface area contributed by atoms with Crippen molar-refractivity contribution in [3.05, 3.63) is 32.9 Å². The van der Waals surface area contributed by atoms with Gasteiger partial charge in [-0.15, -0.1) is 0 Å². The maximum Gasteiger partial charge on any atom is 0.340 e. The maximum absolute atomic E-state index is 12.2. The van der Waals surface area contributed by atoms with E-state index in [1.54, 1.807) is 18.2 Å². The number of esters is 2. The molecule has 0 heterocycles. The van der Waals surface area contributed by atoms with E-state index in [1.807, 2.05) is 43.4 Å². The molecule has 0 spiro atoms. The van der Waals surface area contributed by atoms with E-state index >= 15 is 0 Å². The molecule has 0 N–H and O–H groups in total. The third kappa shape index (κ3) is 5.65. The molecule has 0 bridgehead atoms. The van der Waals surface area contributed by atoms with E-state index in [-0.39, 0.29) is 11.5 Å². The summed E-state index contributed by atoms with van der Waals surface area (Å²) in [6, 6.07) is 5.11. The Morgan fingerprint density at radius 2 is 1.90 bits per heavy atom. The van der Waals surface area contributed by atoms with Gasteiger partial charge >= 0.3 is 11.9 Å². The first-order chi connectivity index (χ1) is 9.97. The van der Waals surface area contributed by atoms with Gasteiger partial charge in [-0.05, 0) is 47.1 Å². The Balaban J connectivity index is 2.91. The van der Waals surface area contributed by atoms with Crippen LogP contribution in [-0.2, 0) is 9.47 Å². The van der Waals surface area contributed by atoms with Gasteiger partial charge in [-0.2, -0.15) is 0 Å². The lowest BCUT2D eigenvalue weighted by Gasteiger charge is -2.12. The van der Waals surface area contributed by atoms with E-state index in [4.69, 9.17) is 9.47 Å². The van der Waals surface area contributed by atoms with Crippen LogP contribution >= 0.6 is 22.6 Å². The second-order valence-corrected chi connectivity index (χ2v) is 6.31. The van der Waals surface area contributed by atoms with Crippen LogP contribution in [0.4, 0.5) is 0 Å². The van der Waals surface area contributed by atoms with Crippen molar-refractivity contribution in [1.82, 2.24) is 0 Å². The highest BCUT2D eigenvalue weighted by Crippen LogP contribution is 2.20. The van der Waals surface area contributed by atoms with E-state index in [0.717, 1.165) is 12.8 Å². The van der Waals surface area contributed by atoms with Gasteiger partial charge < -0.3 is 9.47 Å². The molecule has 0 aromatic heterocycles. The molecule has 0 fully saturated rings. The molecular weight excluding hydrogens is 383 g/mol. The summed E-state index contributed by atoms with van der Waals surface area (Å²) in [6.07, 6.45) is 1.75. The summed E-state index contributed by atoms with van der Waals surface area (Å²) in [4.78, 5) is 24.3. The Hall–Kier alpha value is -1.11. The van der Waals surface area contributed by atoms with E-state index in [2.05, 4.69) is 0 Å². The first-order valence-corrected chi connectivity index (χ1v) is 8.18. The zero-order valence-electron chi connectivity index (χ0n) is 12.6. The Morgan fingerprint density at radius 3 is 2.52 bits per heavy atom. The SMILES string of the molecule is CCCCOC(=O)c1c(I)cccc1C(=O)OCC(C)C. The summed E-state index contributed by atoms with van der Waals surface area (Å²) in [7, 11) is 0. The summed E-state index contributed by atoms with van der Waals surface area (Å²) < 4.78 is 11.1. The smallest absolute Gasteiger partial charge is 0.340 e. The van der Waals surface area contributed by atoms with Gasteiger partial charge in [-0.1, -0.05) is 33.3 Å². The van der Waals surface area contributed by atoms with Crippen molar-refractivity contribution in [2.75, 3.05) is 13.2 Å². The van der Waals surface area contributed by atoms with Crippen LogP contribution in [0.2, 0.25) is 0 Å². The number of carbonyl (C=O) groups excluding carboxylic acids is 2. The molecule has 0 aliphatic rings. The number of hydrogen-bond donors (Lipinski definition) is 0. The van der Waals surface area contributed by atoms with Crippen molar-refractivity contribution in [2.24, 2.45) is 5.92 Å². The minimum Gasteiger partial charge on any atom is -0.462 e. The van der Waals surface area contributed by atoms with E-state index in [9.17, 15) is 9.59 Å². The third-order valence-corrected chi connectivity index (χ3v) is 3.62. The Bertz CT molecular complexity index is 497. The second-order valence-electron chi connectivity index (χ2n) is 5.14. The third-order valence-electron chi connectivity index (χ3n) is 2.72. The highest BCUT2D eigenvalue weighted by molar-refractivity contribution is 14.1. The largest absolute Gasteiger partial charge is 0.462 e. The number of halogens is 1. The first-order valence-electron chi connectivity index (χ1n) is 7.10. The van der Waals surface area contributed by atoms with Gasteiger partial charge in [0.15, 0.2) is 0 Å². The molecule has 5 heteroatoms. The van der Waals surface area contributed by atoms with Crippen molar-refractivity contribution < 1.29 is 19.1 Å². The lowest BCUT2D eigenvalue weighted by molar-refractivity contribution is 0.0427. The number of benzene rings is 1. The van der Waals surface area contributed by atoms with E-state index in [0.29, 0.717) is 22.3 Å². The van der Waals surface area contributed by atoms with Crippen LogP contribution in [0.5, 0.6) is 0 Å². The molecule has 1 rings (SSSR count). The molecule has 0 saturated carbocycles. The van der Waals surface area contributed by atoms with Gasteiger partial charge in [0.25, 0.3) is 0 Å². The van der Waals surface area contributed by atoms with Crippen LogP contribution in [0.1, 0.15) is 54.3 Å². The average Bonchev–Trinajstić information content (AvgIpc) is 2.44. The minimum atomic E-state index is -0.482. The van der Waals surface area contributed by atoms with E-state index in [1.165, 1.54) is 0 Å². The average molecular weight is 404 g/mol. The Labute approximate surface area is 139 Å². The Kier molecular flexibility index (Phi) is 7.71. The van der Waals surface area contributed by atoms with Gasteiger partial charge in [0.2, 0.25) is 0 Å². The fourth-order valence-electron chi connectivity index (χ4n) is 1.60. The molecular formula is C16H21IO4. The van der Waals surface area contributed by atoms with Crippen molar-refractivity contribution >= 4 is 34.5 Å². The summed E-state index contributed by atoms with van der Waals surface area (Å²) in [5.74, 6) is -0.703. The zero-order chi connectivity index (χ0) is 15.8. The molecule has 0 amide bonds. The topological polar surface area (TPSA) is 52.6 Å². The highest BCUT2D eigenvalue weighted by atomic mass is 127. The Morgan fingerprint density at radius 1 is 1.19 bits per heavy atom. The van der Waals surface area contributed by atoms with Gasteiger partial charge in [0.1, 0.15) is 0 Å².